The predicted molar refractivity (Wildman–Crippen MR) is 148 cm³/mol. The molecule has 2 atom stereocenters. The van der Waals surface area contributed by atoms with E-state index in [1.807, 2.05) is 31.2 Å². The molecule has 4 amide bonds. The maximum absolute atomic E-state index is 13.7. The molecule has 3 N–H and O–H groups in total. The Labute approximate surface area is 236 Å². The van der Waals surface area contributed by atoms with Crippen molar-refractivity contribution in [1.82, 2.24) is 9.80 Å². The second kappa shape index (κ2) is 10.1. The number of amides is 4. The molecule has 1 aliphatic heterocycles. The zero-order valence-electron chi connectivity index (χ0n) is 22.3. The molecule has 0 aromatic heterocycles. The minimum Gasteiger partial charge on any atom is -0.427 e. The lowest BCUT2D eigenvalue weighted by atomic mass is 9.94. The van der Waals surface area contributed by atoms with Gasteiger partial charge in [-0.3, -0.25) is 14.4 Å². The van der Waals surface area contributed by atoms with Crippen LogP contribution in [0.4, 0.5) is 10.5 Å². The summed E-state index contributed by atoms with van der Waals surface area (Å²) in [4.78, 5) is 55.3. The first-order chi connectivity index (χ1) is 18.4. The second-order valence-electron chi connectivity index (χ2n) is 11.4. The quantitative estimate of drug-likeness (QED) is 0.473. The van der Waals surface area contributed by atoms with Crippen LogP contribution in [0.15, 0.2) is 46.9 Å². The van der Waals surface area contributed by atoms with Crippen LogP contribution in [-0.2, 0) is 37.7 Å². The molecule has 2 aromatic rings. The van der Waals surface area contributed by atoms with E-state index in [2.05, 4.69) is 21.2 Å². The van der Waals surface area contributed by atoms with Gasteiger partial charge in [-0.1, -0.05) is 34.1 Å². The first-order valence-corrected chi connectivity index (χ1v) is 14.0. The van der Waals surface area contributed by atoms with Gasteiger partial charge in [0.25, 0.3) is 5.91 Å². The number of nitrogens with two attached hydrogens (primary N) is 1. The van der Waals surface area contributed by atoms with Crippen LogP contribution in [-0.4, -0.2) is 51.7 Å². The van der Waals surface area contributed by atoms with Crippen molar-refractivity contribution in [2.75, 3.05) is 11.9 Å². The Morgan fingerprint density at radius 3 is 2.54 bits per heavy atom. The third-order valence-corrected chi connectivity index (χ3v) is 8.41. The van der Waals surface area contributed by atoms with E-state index in [0.717, 1.165) is 33.3 Å². The number of halogens is 1. The molecule has 5 rings (SSSR count). The Bertz CT molecular complexity index is 1330. The van der Waals surface area contributed by atoms with Crippen molar-refractivity contribution in [1.29, 1.82) is 0 Å². The third kappa shape index (κ3) is 5.32. The van der Waals surface area contributed by atoms with Gasteiger partial charge >= 0.3 is 6.09 Å². The number of carbonyl (C=O) groups excluding carboxylic acids is 4. The number of hydrogen-bond donors (Lipinski definition) is 2. The molecular weight excluding hydrogens is 564 g/mol. The lowest BCUT2D eigenvalue weighted by Gasteiger charge is -2.30. The van der Waals surface area contributed by atoms with Crippen molar-refractivity contribution >= 4 is 45.4 Å². The van der Waals surface area contributed by atoms with E-state index in [0.29, 0.717) is 30.1 Å². The fourth-order valence-electron chi connectivity index (χ4n) is 5.33. The summed E-state index contributed by atoms with van der Waals surface area (Å²) in [6.45, 7) is 5.27. The largest absolute Gasteiger partial charge is 0.427 e. The van der Waals surface area contributed by atoms with Gasteiger partial charge in [-0.2, -0.15) is 0 Å². The summed E-state index contributed by atoms with van der Waals surface area (Å²) < 4.78 is 6.67. The number of benzene rings is 2. The number of nitrogens with zero attached hydrogens (tertiary/aromatic N) is 2. The number of hydrogen-bond acceptors (Lipinski definition) is 6. The van der Waals surface area contributed by atoms with E-state index >= 15 is 0 Å². The number of fused-ring (bicyclic) bond motifs is 2. The number of nitrogens with one attached hydrogen (secondary N) is 1. The van der Waals surface area contributed by atoms with Gasteiger partial charge in [0.05, 0.1) is 5.54 Å². The highest BCUT2D eigenvalue weighted by molar-refractivity contribution is 9.10. The fraction of sp³-hybridized carbons (Fsp3) is 0.448. The van der Waals surface area contributed by atoms with Gasteiger partial charge in [0, 0.05) is 34.7 Å². The number of carbonyl (C=O) groups is 4. The van der Waals surface area contributed by atoms with Crippen LogP contribution in [0.1, 0.15) is 56.7 Å². The van der Waals surface area contributed by atoms with Gasteiger partial charge in [-0.05, 0) is 81.3 Å². The molecule has 0 bridgehead atoms. The molecule has 9 nitrogen and oxygen atoms in total. The van der Waals surface area contributed by atoms with E-state index in [9.17, 15) is 19.2 Å². The van der Waals surface area contributed by atoms with Crippen molar-refractivity contribution in [3.63, 3.8) is 0 Å². The summed E-state index contributed by atoms with van der Waals surface area (Å²) in [6, 6.07) is 12.9. The normalized spacial score (nSPS) is 21.1. The molecule has 2 fully saturated rings. The van der Waals surface area contributed by atoms with Crippen LogP contribution >= 0.6 is 15.9 Å². The van der Waals surface area contributed by atoms with E-state index in [-0.39, 0.29) is 30.8 Å². The standard InChI is InChI=1S/C29H33BrN4O5/c1-17(19-6-7-19)33(15-18-4-8-21(30)9-5-18)24(35)16-34-26(37)29(39-27(34)38)13-12-20-14-22(10-11-23(20)29)32-25(36)28(2,3)31/h4-5,8-11,14,17,19H,6-7,12-13,15-16,31H2,1-3H3,(H,32,36)/t17-,29?/m0/s1. The zero-order chi connectivity index (χ0) is 28.1. The molecular formula is C29H33BrN4O5. The summed E-state index contributed by atoms with van der Waals surface area (Å²) in [6.07, 6.45) is 2.06. The van der Waals surface area contributed by atoms with Crippen molar-refractivity contribution in [3.05, 3.63) is 63.6 Å². The summed E-state index contributed by atoms with van der Waals surface area (Å²) in [5, 5.41) is 2.79. The van der Waals surface area contributed by atoms with Crippen molar-refractivity contribution in [2.45, 2.75) is 70.2 Å². The lowest BCUT2D eigenvalue weighted by Crippen LogP contribution is -2.47. The van der Waals surface area contributed by atoms with Crippen LogP contribution < -0.4 is 11.1 Å². The molecule has 3 aliphatic rings. The highest BCUT2D eigenvalue weighted by Gasteiger charge is 2.58. The van der Waals surface area contributed by atoms with Gasteiger partial charge < -0.3 is 20.7 Å². The van der Waals surface area contributed by atoms with E-state index in [4.69, 9.17) is 10.5 Å². The average molecular weight is 598 g/mol. The number of imide groups is 1. The van der Waals surface area contributed by atoms with Gasteiger partial charge in [-0.15, -0.1) is 0 Å². The molecule has 1 saturated heterocycles. The maximum Gasteiger partial charge on any atom is 0.418 e. The van der Waals surface area contributed by atoms with Gasteiger partial charge in [0.15, 0.2) is 0 Å². The SMILES string of the molecule is C[C@@H](C1CC1)N(Cc1ccc(Br)cc1)C(=O)CN1C(=O)OC2(CCc3cc(NC(=O)C(C)(C)N)ccc32)C1=O. The van der Waals surface area contributed by atoms with E-state index in [1.54, 1.807) is 36.9 Å². The Morgan fingerprint density at radius 1 is 1.21 bits per heavy atom. The van der Waals surface area contributed by atoms with Gasteiger partial charge in [-0.25, -0.2) is 9.69 Å². The predicted octanol–water partition coefficient (Wildman–Crippen LogP) is 4.07. The van der Waals surface area contributed by atoms with Crippen molar-refractivity contribution in [2.24, 2.45) is 11.7 Å². The summed E-state index contributed by atoms with van der Waals surface area (Å²) >= 11 is 3.44. The molecule has 2 aromatic carbocycles. The van der Waals surface area contributed by atoms with Crippen molar-refractivity contribution in [3.8, 4) is 0 Å². The van der Waals surface area contributed by atoms with Gasteiger partial charge in [0.2, 0.25) is 17.4 Å². The Hall–Kier alpha value is -3.24. The van der Waals surface area contributed by atoms with Gasteiger partial charge in [0.1, 0.15) is 6.54 Å². The molecule has 1 unspecified atom stereocenters. The van der Waals surface area contributed by atoms with Crippen molar-refractivity contribution < 1.29 is 23.9 Å². The Kier molecular flexibility index (Phi) is 7.05. The smallest absolute Gasteiger partial charge is 0.418 e. The number of anilines is 1. The first-order valence-electron chi connectivity index (χ1n) is 13.2. The number of rotatable bonds is 8. The monoisotopic (exact) mass is 596 g/mol. The maximum atomic E-state index is 13.7. The highest BCUT2D eigenvalue weighted by Crippen LogP contribution is 2.46. The summed E-state index contributed by atoms with van der Waals surface area (Å²) in [5.74, 6) is -0.739. The van der Waals surface area contributed by atoms with Crippen LogP contribution in [0.5, 0.6) is 0 Å². The first kappa shape index (κ1) is 27.3. The average Bonchev–Trinajstić information content (AvgIpc) is 3.63. The number of aryl methyl sites for hydroxylation is 1. The summed E-state index contributed by atoms with van der Waals surface area (Å²) in [5.41, 5.74) is 6.28. The Morgan fingerprint density at radius 2 is 1.90 bits per heavy atom. The van der Waals surface area contributed by atoms with Crippen LogP contribution in [0.25, 0.3) is 0 Å². The molecule has 1 saturated carbocycles. The topological polar surface area (TPSA) is 122 Å². The molecule has 10 heteroatoms. The molecule has 1 heterocycles. The van der Waals surface area contributed by atoms with Crippen LogP contribution in [0.3, 0.4) is 0 Å². The second-order valence-corrected chi connectivity index (χ2v) is 12.3. The third-order valence-electron chi connectivity index (χ3n) is 7.88. The molecule has 1 spiro atoms. The molecule has 0 radical (unpaired) electrons. The molecule has 2 aliphatic carbocycles. The summed E-state index contributed by atoms with van der Waals surface area (Å²) in [7, 11) is 0. The van der Waals surface area contributed by atoms with E-state index in [1.165, 1.54) is 0 Å². The highest BCUT2D eigenvalue weighted by atomic mass is 79.9. The van der Waals surface area contributed by atoms with Crippen LogP contribution in [0, 0.1) is 5.92 Å². The minimum absolute atomic E-state index is 0.0110. The lowest BCUT2D eigenvalue weighted by molar-refractivity contribution is -0.143. The zero-order valence-corrected chi connectivity index (χ0v) is 23.9. The molecule has 206 valence electrons. The minimum atomic E-state index is -1.46. The van der Waals surface area contributed by atoms with E-state index < -0.39 is 23.1 Å². The molecule has 39 heavy (non-hydrogen) atoms. The fourth-order valence-corrected chi connectivity index (χ4v) is 5.59. The number of ether oxygens (including phenoxy) is 1. The van der Waals surface area contributed by atoms with Crippen LogP contribution in [0.2, 0.25) is 0 Å². The Balaban J connectivity index is 1.34.